The van der Waals surface area contributed by atoms with Crippen molar-refractivity contribution in [3.63, 3.8) is 0 Å². The minimum Gasteiger partial charge on any atom is -0.474 e. The summed E-state index contributed by atoms with van der Waals surface area (Å²) in [7, 11) is 0. The van der Waals surface area contributed by atoms with E-state index in [1.165, 1.54) is 12.4 Å². The zero-order valence-electron chi connectivity index (χ0n) is 41.6. The van der Waals surface area contributed by atoms with Gasteiger partial charge in [0.15, 0.2) is 11.6 Å². The number of nitrogens with one attached hydrogen (secondary N) is 4. The Labute approximate surface area is 433 Å². The van der Waals surface area contributed by atoms with E-state index in [1.54, 1.807) is 36.7 Å². The molecule has 2 amide bonds. The molecule has 20 nitrogen and oxygen atoms in total. The Morgan fingerprint density at radius 3 is 1.43 bits per heavy atom. The predicted molar refractivity (Wildman–Crippen MR) is 275 cm³/mol. The normalized spacial score (nSPS) is 21.7. The number of rotatable bonds is 8. The number of pyridine rings is 4. The minimum absolute atomic E-state index is 0.0654. The van der Waals surface area contributed by atoms with Crippen molar-refractivity contribution >= 4 is 68.1 Å². The first-order valence-corrected chi connectivity index (χ1v) is 25.1. The van der Waals surface area contributed by atoms with Gasteiger partial charge in [-0.3, -0.25) is 20.4 Å². The van der Waals surface area contributed by atoms with Crippen LogP contribution in [0.1, 0.15) is 24.0 Å². The summed E-state index contributed by atoms with van der Waals surface area (Å²) in [4.78, 5) is 46.2. The van der Waals surface area contributed by atoms with Crippen molar-refractivity contribution in [2.24, 2.45) is 0 Å². The fraction of sp³-hybridized carbons (Fsp3) is 0.423. The Morgan fingerprint density at radius 2 is 1.05 bits per heavy atom. The van der Waals surface area contributed by atoms with Crippen LogP contribution >= 0.6 is 0 Å². The lowest BCUT2D eigenvalue weighted by molar-refractivity contribution is -0.0964. The standard InChI is InChI=1S/2C26H28F2N6O4/c2*1-13-17(8-32-25-24(13)30-3-5-37-25)16-6-14-7-21(31-9-18(14)23(29)22(16)28)33-26(35)38-20-2-4-34(10-19(20)27)15-11-36-12-15/h2*6-9,15,19-20,30H,2-5,10-12,29H2,1H3,(H,31,33,35)/t2*19-,20+/m10/s1. The smallest absolute Gasteiger partial charge is 0.413 e. The van der Waals surface area contributed by atoms with E-state index in [2.05, 4.69) is 41.2 Å². The number of piperidine rings is 2. The first kappa shape index (κ1) is 50.6. The Bertz CT molecular complexity index is 3020. The number of likely N-dealkylation sites (tertiary alicyclic amines) is 2. The van der Waals surface area contributed by atoms with Crippen LogP contribution in [0.5, 0.6) is 11.8 Å². The number of alkyl halides is 2. The SMILES string of the molecule is Cc1c(-c2cc3cc(NC(=O)O[C@@H]4CCN(C5COC5)C[C@@H]4F)ncc3c(N)c2F)cnc2c1NCCO2.Cc1c(-c2cc3cc(NC(=O)O[C@H]4CCN(C5COC5)C[C@H]4F)ncc3c(N)c2F)cnc2c1NCCO2. The number of carbonyl (C=O) groups is 2. The van der Waals surface area contributed by atoms with E-state index < -0.39 is 48.4 Å². The maximum absolute atomic E-state index is 15.4. The molecular formula is C52H56F4N12O8. The average Bonchev–Trinajstić information content (AvgIpc) is 3.38. The van der Waals surface area contributed by atoms with Crippen molar-refractivity contribution in [2.75, 3.05) is 112 Å². The van der Waals surface area contributed by atoms with Crippen LogP contribution in [0, 0.1) is 25.5 Å². The minimum atomic E-state index is -1.29. The van der Waals surface area contributed by atoms with Crippen molar-refractivity contribution in [3.8, 4) is 34.0 Å². The van der Waals surface area contributed by atoms with Gasteiger partial charge in [0.1, 0.15) is 60.8 Å². The number of ether oxygens (including phenoxy) is 6. The molecule has 0 radical (unpaired) electrons. The van der Waals surface area contributed by atoms with Gasteiger partial charge in [0.2, 0.25) is 11.8 Å². The van der Waals surface area contributed by atoms with Crippen molar-refractivity contribution in [3.05, 3.63) is 71.8 Å². The van der Waals surface area contributed by atoms with Gasteiger partial charge in [-0.1, -0.05) is 0 Å². The molecule has 0 unspecified atom stereocenters. The molecular weight excluding hydrogens is 997 g/mol. The van der Waals surface area contributed by atoms with Crippen molar-refractivity contribution in [2.45, 2.75) is 63.3 Å². The number of nitrogen functional groups attached to an aromatic ring is 2. The van der Waals surface area contributed by atoms with Crippen molar-refractivity contribution in [1.29, 1.82) is 0 Å². The molecule has 6 aromatic rings. The van der Waals surface area contributed by atoms with Crippen molar-refractivity contribution < 1.29 is 55.6 Å². The van der Waals surface area contributed by atoms with Crippen molar-refractivity contribution in [1.82, 2.24) is 29.7 Å². The lowest BCUT2D eigenvalue weighted by Crippen LogP contribution is -2.56. The molecule has 0 bridgehead atoms. The molecule has 2 aromatic carbocycles. The Morgan fingerprint density at radius 1 is 0.632 bits per heavy atom. The van der Waals surface area contributed by atoms with Crippen LogP contribution in [0.3, 0.4) is 0 Å². The number of amides is 2. The van der Waals surface area contributed by atoms with E-state index in [0.717, 1.165) is 11.1 Å². The van der Waals surface area contributed by atoms with Gasteiger partial charge in [-0.15, -0.1) is 0 Å². The highest BCUT2D eigenvalue weighted by Gasteiger charge is 2.39. The third kappa shape index (κ3) is 10.0. The highest BCUT2D eigenvalue weighted by molar-refractivity contribution is 6.01. The van der Waals surface area contributed by atoms with Gasteiger partial charge in [-0.25, -0.2) is 47.1 Å². The van der Waals surface area contributed by atoms with E-state index in [4.69, 9.17) is 39.9 Å². The molecule has 4 fully saturated rings. The number of aromatic nitrogens is 4. The highest BCUT2D eigenvalue weighted by atomic mass is 19.1. The topological polar surface area (TPSA) is 248 Å². The van der Waals surface area contributed by atoms with E-state index >= 15 is 8.78 Å². The van der Waals surface area contributed by atoms with Crippen LogP contribution in [-0.2, 0) is 18.9 Å². The summed E-state index contributed by atoms with van der Waals surface area (Å²) >= 11 is 0. The highest BCUT2D eigenvalue weighted by Crippen LogP contribution is 2.42. The number of hydrogen-bond acceptors (Lipinski definition) is 18. The Hall–Kier alpha value is -7.54. The zero-order chi connectivity index (χ0) is 52.8. The van der Waals surface area contributed by atoms with E-state index in [0.29, 0.717) is 134 Å². The fourth-order valence-electron chi connectivity index (χ4n) is 10.3. The second kappa shape index (κ2) is 21.2. The Balaban J connectivity index is 0.000000162. The van der Waals surface area contributed by atoms with Crippen LogP contribution in [0.2, 0.25) is 0 Å². The predicted octanol–water partition coefficient (Wildman–Crippen LogP) is 6.98. The number of fused-ring (bicyclic) bond motifs is 4. The first-order chi connectivity index (χ1) is 36.8. The van der Waals surface area contributed by atoms with Gasteiger partial charge < -0.3 is 50.5 Å². The quantitative estimate of drug-likeness (QED) is 0.0665. The van der Waals surface area contributed by atoms with Crippen LogP contribution in [0.15, 0.2) is 49.1 Å². The third-order valence-corrected chi connectivity index (χ3v) is 14.7. The second-order valence-electron chi connectivity index (χ2n) is 19.5. The van der Waals surface area contributed by atoms with E-state index in [1.807, 2.05) is 23.6 Å². The lowest BCUT2D eigenvalue weighted by Gasteiger charge is -2.42. The summed E-state index contributed by atoms with van der Waals surface area (Å²) in [6.07, 6.45) is 0.779. The molecule has 0 saturated carbocycles. The molecule has 6 aliphatic heterocycles. The van der Waals surface area contributed by atoms with Gasteiger partial charge in [-0.05, 0) is 60.0 Å². The monoisotopic (exact) mass is 1050 g/mol. The number of anilines is 6. The first-order valence-electron chi connectivity index (χ1n) is 25.1. The summed E-state index contributed by atoms with van der Waals surface area (Å²) in [5.41, 5.74) is 16.8. The number of hydrogen-bond donors (Lipinski definition) is 6. The largest absolute Gasteiger partial charge is 0.474 e. The van der Waals surface area contributed by atoms with Gasteiger partial charge in [-0.2, -0.15) is 0 Å². The lowest BCUT2D eigenvalue weighted by atomic mass is 9.97. The molecule has 0 aliphatic carbocycles. The molecule has 4 saturated heterocycles. The number of benzene rings is 2. The molecule has 4 aromatic heterocycles. The summed E-state index contributed by atoms with van der Waals surface area (Å²) in [5.74, 6) is 0.117. The number of halogens is 4. The second-order valence-corrected chi connectivity index (χ2v) is 19.5. The fourth-order valence-corrected chi connectivity index (χ4v) is 10.3. The summed E-state index contributed by atoms with van der Waals surface area (Å²) in [5, 5.41) is 13.5. The number of nitrogens with zero attached hydrogens (tertiary/aromatic N) is 6. The summed E-state index contributed by atoms with van der Waals surface area (Å²) < 4.78 is 92.4. The molecule has 24 heteroatoms. The van der Waals surface area contributed by atoms with Gasteiger partial charge in [0.25, 0.3) is 0 Å². The number of carbonyl (C=O) groups excluding carboxylic acids is 2. The van der Waals surface area contributed by atoms with Crippen LogP contribution in [0.4, 0.5) is 61.5 Å². The molecule has 76 heavy (non-hydrogen) atoms. The van der Waals surface area contributed by atoms with Gasteiger partial charge in [0.05, 0.1) is 49.9 Å². The summed E-state index contributed by atoms with van der Waals surface area (Å²) in [6, 6.07) is 6.89. The zero-order valence-corrected chi connectivity index (χ0v) is 41.6. The number of nitrogens with two attached hydrogens (primary N) is 2. The maximum atomic E-state index is 15.4. The molecule has 6 aliphatic rings. The average molecular weight is 1050 g/mol. The molecule has 0 spiro atoms. The molecule has 10 heterocycles. The van der Waals surface area contributed by atoms with Gasteiger partial charge in [0, 0.05) is 110 Å². The molecule has 12 rings (SSSR count). The Kier molecular flexibility index (Phi) is 14.1. The van der Waals surface area contributed by atoms with Crippen LogP contribution in [0.25, 0.3) is 43.8 Å². The summed E-state index contributed by atoms with van der Waals surface area (Å²) in [6.45, 7) is 10.1. The van der Waals surface area contributed by atoms with E-state index in [-0.39, 0.29) is 59.3 Å². The van der Waals surface area contributed by atoms with Gasteiger partial charge >= 0.3 is 12.2 Å². The molecule has 4 atom stereocenters. The third-order valence-electron chi connectivity index (χ3n) is 14.7. The molecule has 400 valence electrons. The van der Waals surface area contributed by atoms with Crippen LogP contribution < -0.4 is 42.2 Å². The maximum Gasteiger partial charge on any atom is 0.413 e. The molecule has 8 N–H and O–H groups in total. The van der Waals surface area contributed by atoms with E-state index in [9.17, 15) is 18.4 Å². The van der Waals surface area contributed by atoms with Crippen LogP contribution in [-0.4, -0.2) is 157 Å².